The van der Waals surface area contributed by atoms with Crippen molar-refractivity contribution in [3.63, 3.8) is 0 Å². The summed E-state index contributed by atoms with van der Waals surface area (Å²) in [6.45, 7) is 5.50. The van der Waals surface area contributed by atoms with Gasteiger partial charge in [-0.1, -0.05) is 29.3 Å². The van der Waals surface area contributed by atoms with Crippen LogP contribution in [-0.4, -0.2) is 44.0 Å². The van der Waals surface area contributed by atoms with Crippen LogP contribution < -0.4 is 10.6 Å². The molecule has 142 valence electrons. The Labute approximate surface area is 167 Å². The van der Waals surface area contributed by atoms with Crippen molar-refractivity contribution in [3.05, 3.63) is 33.8 Å². The Hall–Kier alpha value is -0.520. The Balaban J connectivity index is 0.00000312. The van der Waals surface area contributed by atoms with E-state index in [2.05, 4.69) is 15.5 Å². The van der Waals surface area contributed by atoms with Crippen LogP contribution in [0.25, 0.3) is 0 Å². The van der Waals surface area contributed by atoms with Gasteiger partial charge in [0.15, 0.2) is 0 Å². The third kappa shape index (κ3) is 7.32. The number of nitrogens with zero attached hydrogens (tertiary/aromatic N) is 1. The van der Waals surface area contributed by atoms with Gasteiger partial charge in [0.25, 0.3) is 0 Å². The average Bonchev–Trinajstić information content (AvgIpc) is 2.56. The number of hydrogen-bond donors (Lipinski definition) is 2. The highest BCUT2D eigenvalue weighted by Gasteiger charge is 2.21. The number of amides is 1. The van der Waals surface area contributed by atoms with E-state index in [-0.39, 0.29) is 24.4 Å². The Bertz CT molecular complexity index is 548. The van der Waals surface area contributed by atoms with Crippen molar-refractivity contribution in [1.29, 1.82) is 0 Å². The van der Waals surface area contributed by atoms with Crippen molar-refractivity contribution in [1.82, 2.24) is 15.5 Å². The van der Waals surface area contributed by atoms with Gasteiger partial charge in [-0.25, -0.2) is 0 Å². The van der Waals surface area contributed by atoms with Crippen LogP contribution in [0.3, 0.4) is 0 Å². The minimum atomic E-state index is -0.0829. The van der Waals surface area contributed by atoms with Crippen molar-refractivity contribution >= 4 is 41.5 Å². The summed E-state index contributed by atoms with van der Waals surface area (Å²) >= 11 is 12.0. The minimum absolute atomic E-state index is 0. The second-order valence-corrected chi connectivity index (χ2v) is 7.39. The van der Waals surface area contributed by atoms with Gasteiger partial charge in [0, 0.05) is 0 Å². The number of carbonyl (C=O) groups excluding carboxylic acids is 1. The largest absolute Gasteiger partial charge is 0.348 e. The normalized spacial score (nSPS) is 17.0. The monoisotopic (exact) mass is 407 g/mol. The first-order valence-corrected chi connectivity index (χ1v) is 9.36. The molecule has 0 bridgehead atoms. The smallest absolute Gasteiger partial charge is 0.234 e. The molecule has 7 heteroatoms. The van der Waals surface area contributed by atoms with E-state index in [1.165, 1.54) is 19.3 Å². The van der Waals surface area contributed by atoms with Gasteiger partial charge in [0.2, 0.25) is 5.91 Å². The molecular weight excluding hydrogens is 381 g/mol. The zero-order chi connectivity index (χ0) is 17.5. The fourth-order valence-corrected chi connectivity index (χ4v) is 3.44. The first-order chi connectivity index (χ1) is 11.5. The summed E-state index contributed by atoms with van der Waals surface area (Å²) < 4.78 is 0. The molecule has 1 aliphatic rings. The van der Waals surface area contributed by atoms with Crippen LogP contribution in [0.4, 0.5) is 0 Å². The van der Waals surface area contributed by atoms with Crippen LogP contribution in [0.2, 0.25) is 10.0 Å². The van der Waals surface area contributed by atoms with Gasteiger partial charge in [-0.2, -0.15) is 0 Å². The lowest BCUT2D eigenvalue weighted by Gasteiger charge is -2.31. The fraction of sp³-hybridized carbons (Fsp3) is 0.611. The molecule has 4 nitrogen and oxygen atoms in total. The van der Waals surface area contributed by atoms with Gasteiger partial charge in [-0.15, -0.1) is 12.4 Å². The SMILES string of the molecule is CNCCC1CCN(CC(=O)NC(C)c2ccc(Cl)c(Cl)c2)CC1.Cl. The highest BCUT2D eigenvalue weighted by atomic mass is 35.5. The maximum absolute atomic E-state index is 12.3. The highest BCUT2D eigenvalue weighted by Crippen LogP contribution is 2.25. The Morgan fingerprint density at radius 2 is 1.96 bits per heavy atom. The average molecular weight is 409 g/mol. The summed E-state index contributed by atoms with van der Waals surface area (Å²) in [4.78, 5) is 14.5. The number of nitrogens with one attached hydrogen (secondary N) is 2. The predicted molar refractivity (Wildman–Crippen MR) is 108 cm³/mol. The molecule has 1 aliphatic heterocycles. The van der Waals surface area contributed by atoms with Crippen LogP contribution in [0, 0.1) is 5.92 Å². The fourth-order valence-electron chi connectivity index (χ4n) is 3.14. The molecule has 0 radical (unpaired) electrons. The summed E-state index contributed by atoms with van der Waals surface area (Å²) in [6, 6.07) is 5.38. The molecule has 0 aliphatic carbocycles. The van der Waals surface area contributed by atoms with E-state index in [1.807, 2.05) is 26.1 Å². The van der Waals surface area contributed by atoms with E-state index in [0.717, 1.165) is 31.1 Å². The molecule has 1 aromatic rings. The third-order valence-corrected chi connectivity index (χ3v) is 5.44. The molecule has 1 saturated heterocycles. The molecule has 2 rings (SSSR count). The second-order valence-electron chi connectivity index (χ2n) is 6.57. The summed E-state index contributed by atoms with van der Waals surface area (Å²) in [5.74, 6) is 0.842. The topological polar surface area (TPSA) is 44.4 Å². The minimum Gasteiger partial charge on any atom is -0.348 e. The van der Waals surface area contributed by atoms with Crippen molar-refractivity contribution in [2.75, 3.05) is 33.2 Å². The molecule has 1 fully saturated rings. The van der Waals surface area contributed by atoms with E-state index in [0.29, 0.717) is 16.6 Å². The van der Waals surface area contributed by atoms with Crippen LogP contribution in [0.15, 0.2) is 18.2 Å². The molecule has 1 aromatic carbocycles. The number of likely N-dealkylation sites (tertiary alicyclic amines) is 1. The second kappa shape index (κ2) is 11.2. The van der Waals surface area contributed by atoms with Gasteiger partial charge >= 0.3 is 0 Å². The van der Waals surface area contributed by atoms with Gasteiger partial charge in [0.1, 0.15) is 0 Å². The van der Waals surface area contributed by atoms with Gasteiger partial charge in [-0.05, 0) is 76.5 Å². The quantitative estimate of drug-likeness (QED) is 0.719. The van der Waals surface area contributed by atoms with E-state index in [9.17, 15) is 4.79 Å². The lowest BCUT2D eigenvalue weighted by Crippen LogP contribution is -2.42. The lowest BCUT2D eigenvalue weighted by molar-refractivity contribution is -0.123. The summed E-state index contributed by atoms with van der Waals surface area (Å²) in [5, 5.41) is 7.29. The molecule has 1 atom stereocenters. The molecule has 0 saturated carbocycles. The van der Waals surface area contributed by atoms with Crippen LogP contribution >= 0.6 is 35.6 Å². The van der Waals surface area contributed by atoms with Crippen LogP contribution in [-0.2, 0) is 4.79 Å². The molecule has 1 amide bonds. The van der Waals surface area contributed by atoms with Crippen molar-refractivity contribution in [2.45, 2.75) is 32.2 Å². The zero-order valence-electron chi connectivity index (χ0n) is 14.9. The van der Waals surface area contributed by atoms with E-state index in [1.54, 1.807) is 6.07 Å². The molecule has 1 unspecified atom stereocenters. The maximum atomic E-state index is 12.3. The number of benzene rings is 1. The summed E-state index contributed by atoms with van der Waals surface area (Å²) in [7, 11) is 1.99. The molecular formula is C18H28Cl3N3O. The first-order valence-electron chi connectivity index (χ1n) is 8.61. The van der Waals surface area contributed by atoms with Crippen molar-refractivity contribution in [2.24, 2.45) is 5.92 Å². The van der Waals surface area contributed by atoms with Crippen LogP contribution in [0.5, 0.6) is 0 Å². The number of rotatable bonds is 7. The van der Waals surface area contributed by atoms with E-state index < -0.39 is 0 Å². The summed E-state index contributed by atoms with van der Waals surface area (Å²) in [5.41, 5.74) is 0.962. The third-order valence-electron chi connectivity index (χ3n) is 4.70. The van der Waals surface area contributed by atoms with Gasteiger partial charge < -0.3 is 10.6 Å². The lowest BCUT2D eigenvalue weighted by atomic mass is 9.93. The van der Waals surface area contributed by atoms with Crippen molar-refractivity contribution in [3.8, 4) is 0 Å². The molecule has 0 spiro atoms. The molecule has 0 aromatic heterocycles. The highest BCUT2D eigenvalue weighted by molar-refractivity contribution is 6.42. The van der Waals surface area contributed by atoms with E-state index in [4.69, 9.17) is 23.2 Å². The summed E-state index contributed by atoms with van der Waals surface area (Å²) in [6.07, 6.45) is 3.58. The zero-order valence-corrected chi connectivity index (χ0v) is 17.2. The van der Waals surface area contributed by atoms with Gasteiger partial charge in [0.05, 0.1) is 22.6 Å². The Morgan fingerprint density at radius 3 is 2.56 bits per heavy atom. The Kier molecular flexibility index (Phi) is 10.1. The number of piperidine rings is 1. The number of hydrogen-bond acceptors (Lipinski definition) is 3. The van der Waals surface area contributed by atoms with Crippen molar-refractivity contribution < 1.29 is 4.79 Å². The van der Waals surface area contributed by atoms with E-state index >= 15 is 0 Å². The van der Waals surface area contributed by atoms with Gasteiger partial charge in [-0.3, -0.25) is 9.69 Å². The molecule has 2 N–H and O–H groups in total. The molecule has 1 heterocycles. The first kappa shape index (κ1) is 22.5. The maximum Gasteiger partial charge on any atom is 0.234 e. The van der Waals surface area contributed by atoms with Crippen LogP contribution in [0.1, 0.15) is 37.8 Å². The molecule has 25 heavy (non-hydrogen) atoms. The Morgan fingerprint density at radius 1 is 1.28 bits per heavy atom. The number of halogens is 3. The predicted octanol–water partition coefficient (Wildman–Crippen LogP) is 3.91. The number of carbonyl (C=O) groups is 1. The standard InChI is InChI=1S/C18H27Cl2N3O.ClH/c1-13(15-3-4-16(19)17(20)11-15)22-18(24)12-23-9-6-14(7-10-23)5-8-21-2;/h3-4,11,13-14,21H,5-10,12H2,1-2H3,(H,22,24);1H.